The molecule has 0 heterocycles. The van der Waals surface area contributed by atoms with Crippen molar-refractivity contribution in [1.82, 2.24) is 4.90 Å². The fourth-order valence-electron chi connectivity index (χ4n) is 1.19. The number of hydrogen-bond donors (Lipinski definition) is 1. The average molecular weight is 188 g/mol. The molecule has 0 spiro atoms. The molecule has 72 valence electrons. The van der Waals surface area contributed by atoms with Gasteiger partial charge >= 0.3 is 0 Å². The molecule has 0 saturated heterocycles. The summed E-state index contributed by atoms with van der Waals surface area (Å²) in [6.07, 6.45) is 0.821. The SMILES string of the molecule is CN(CCC(N)=S)CC(C)(C)C. The van der Waals surface area contributed by atoms with Crippen molar-refractivity contribution in [1.29, 1.82) is 0 Å². The minimum absolute atomic E-state index is 0.352. The van der Waals surface area contributed by atoms with E-state index in [9.17, 15) is 0 Å². The summed E-state index contributed by atoms with van der Waals surface area (Å²) in [6, 6.07) is 0. The van der Waals surface area contributed by atoms with Crippen molar-refractivity contribution in [3.63, 3.8) is 0 Å². The van der Waals surface area contributed by atoms with Crippen LogP contribution in [-0.4, -0.2) is 30.0 Å². The molecule has 0 aliphatic rings. The van der Waals surface area contributed by atoms with Crippen molar-refractivity contribution in [2.75, 3.05) is 20.1 Å². The number of rotatable bonds is 4. The summed E-state index contributed by atoms with van der Waals surface area (Å²) in [7, 11) is 2.10. The van der Waals surface area contributed by atoms with Gasteiger partial charge in [0.2, 0.25) is 0 Å². The molecule has 0 radical (unpaired) electrons. The first-order valence-corrected chi connectivity index (χ1v) is 4.69. The molecular weight excluding hydrogens is 168 g/mol. The highest BCUT2D eigenvalue weighted by Crippen LogP contribution is 2.13. The van der Waals surface area contributed by atoms with Gasteiger partial charge in [-0.05, 0) is 12.5 Å². The standard InChI is InChI=1S/C9H20N2S/c1-9(2,3)7-11(4)6-5-8(10)12/h5-7H2,1-4H3,(H2,10,12). The molecule has 0 saturated carbocycles. The third kappa shape index (κ3) is 7.95. The van der Waals surface area contributed by atoms with Crippen LogP contribution >= 0.6 is 12.2 Å². The van der Waals surface area contributed by atoms with Crippen LogP contribution in [0.1, 0.15) is 27.2 Å². The van der Waals surface area contributed by atoms with E-state index in [1.165, 1.54) is 0 Å². The van der Waals surface area contributed by atoms with E-state index < -0.39 is 0 Å². The van der Waals surface area contributed by atoms with Crippen LogP contribution in [-0.2, 0) is 0 Å². The zero-order valence-electron chi connectivity index (χ0n) is 8.55. The van der Waals surface area contributed by atoms with E-state index >= 15 is 0 Å². The summed E-state index contributed by atoms with van der Waals surface area (Å²) in [5.74, 6) is 0. The predicted octanol–water partition coefficient (Wildman–Crippen LogP) is 1.64. The van der Waals surface area contributed by atoms with Crippen LogP contribution in [0.2, 0.25) is 0 Å². The summed E-state index contributed by atoms with van der Waals surface area (Å²) in [6.45, 7) is 8.72. The van der Waals surface area contributed by atoms with Crippen LogP contribution in [0.25, 0.3) is 0 Å². The van der Waals surface area contributed by atoms with E-state index in [1.807, 2.05) is 0 Å². The van der Waals surface area contributed by atoms with Crippen molar-refractivity contribution < 1.29 is 0 Å². The van der Waals surface area contributed by atoms with E-state index in [1.54, 1.807) is 0 Å². The van der Waals surface area contributed by atoms with Gasteiger partial charge in [0.25, 0.3) is 0 Å². The van der Waals surface area contributed by atoms with Crippen LogP contribution < -0.4 is 5.73 Å². The maximum atomic E-state index is 5.41. The third-order valence-corrected chi connectivity index (χ3v) is 1.69. The second kappa shape index (κ2) is 4.77. The maximum absolute atomic E-state index is 5.41. The molecule has 0 atom stereocenters. The van der Waals surface area contributed by atoms with Crippen LogP contribution in [0, 0.1) is 5.41 Å². The Morgan fingerprint density at radius 1 is 1.42 bits per heavy atom. The van der Waals surface area contributed by atoms with Gasteiger partial charge in [-0.25, -0.2) is 0 Å². The fourth-order valence-corrected chi connectivity index (χ4v) is 1.28. The van der Waals surface area contributed by atoms with Gasteiger partial charge in [0, 0.05) is 19.5 Å². The highest BCUT2D eigenvalue weighted by Gasteiger charge is 2.12. The molecule has 0 aromatic heterocycles. The average Bonchev–Trinajstić information content (AvgIpc) is 1.79. The number of thiocarbonyl (C=S) groups is 1. The highest BCUT2D eigenvalue weighted by molar-refractivity contribution is 7.80. The zero-order chi connectivity index (χ0) is 9.78. The smallest absolute Gasteiger partial charge is 0.0740 e. The largest absolute Gasteiger partial charge is 0.393 e. The molecule has 0 aliphatic carbocycles. The Hall–Kier alpha value is -0.150. The van der Waals surface area contributed by atoms with Crippen molar-refractivity contribution in [2.45, 2.75) is 27.2 Å². The van der Waals surface area contributed by atoms with E-state index in [0.717, 1.165) is 19.5 Å². The lowest BCUT2D eigenvalue weighted by atomic mass is 9.96. The molecule has 0 amide bonds. The summed E-state index contributed by atoms with van der Waals surface area (Å²) >= 11 is 4.81. The molecule has 2 nitrogen and oxygen atoms in total. The van der Waals surface area contributed by atoms with Gasteiger partial charge < -0.3 is 10.6 Å². The topological polar surface area (TPSA) is 29.3 Å². The van der Waals surface area contributed by atoms with E-state index in [0.29, 0.717) is 10.4 Å². The Kier molecular flexibility index (Phi) is 4.71. The molecule has 0 rings (SSSR count). The first-order chi connectivity index (χ1) is 5.31. The van der Waals surface area contributed by atoms with Crippen molar-refractivity contribution in [3.05, 3.63) is 0 Å². The highest BCUT2D eigenvalue weighted by atomic mass is 32.1. The van der Waals surface area contributed by atoms with Crippen LogP contribution in [0.4, 0.5) is 0 Å². The lowest BCUT2D eigenvalue weighted by molar-refractivity contribution is 0.232. The summed E-state index contributed by atoms with van der Waals surface area (Å²) in [4.78, 5) is 2.87. The van der Waals surface area contributed by atoms with Gasteiger partial charge in [-0.3, -0.25) is 0 Å². The molecule has 3 heteroatoms. The second-order valence-electron chi connectivity index (χ2n) is 4.51. The Labute approximate surface area is 81.1 Å². The van der Waals surface area contributed by atoms with Gasteiger partial charge in [0.05, 0.1) is 4.99 Å². The number of nitrogens with two attached hydrogens (primary N) is 1. The zero-order valence-corrected chi connectivity index (χ0v) is 9.37. The Balaban J connectivity index is 3.60. The number of nitrogens with zero attached hydrogens (tertiary/aromatic N) is 1. The van der Waals surface area contributed by atoms with Crippen LogP contribution in [0.5, 0.6) is 0 Å². The predicted molar refractivity (Wildman–Crippen MR) is 58.4 cm³/mol. The van der Waals surface area contributed by atoms with Gasteiger partial charge in [-0.1, -0.05) is 33.0 Å². The van der Waals surface area contributed by atoms with Crippen LogP contribution in [0.15, 0.2) is 0 Å². The van der Waals surface area contributed by atoms with Gasteiger partial charge in [0.1, 0.15) is 0 Å². The van der Waals surface area contributed by atoms with Crippen molar-refractivity contribution in [3.8, 4) is 0 Å². The van der Waals surface area contributed by atoms with E-state index in [4.69, 9.17) is 18.0 Å². The van der Waals surface area contributed by atoms with Gasteiger partial charge in [-0.15, -0.1) is 0 Å². The molecule has 0 aliphatic heterocycles. The Morgan fingerprint density at radius 3 is 2.25 bits per heavy atom. The molecule has 0 aromatic rings. The molecule has 0 unspecified atom stereocenters. The lowest BCUT2D eigenvalue weighted by Gasteiger charge is -2.26. The normalized spacial score (nSPS) is 12.1. The minimum Gasteiger partial charge on any atom is -0.393 e. The van der Waals surface area contributed by atoms with Crippen LogP contribution in [0.3, 0.4) is 0 Å². The minimum atomic E-state index is 0.352. The molecule has 2 N–H and O–H groups in total. The van der Waals surface area contributed by atoms with Gasteiger partial charge in [-0.2, -0.15) is 0 Å². The number of hydrogen-bond acceptors (Lipinski definition) is 2. The van der Waals surface area contributed by atoms with E-state index in [2.05, 4.69) is 32.7 Å². The molecule has 0 fully saturated rings. The molecule has 0 bridgehead atoms. The monoisotopic (exact) mass is 188 g/mol. The summed E-state index contributed by atoms with van der Waals surface area (Å²) < 4.78 is 0. The third-order valence-electron chi connectivity index (χ3n) is 1.48. The maximum Gasteiger partial charge on any atom is 0.0740 e. The van der Waals surface area contributed by atoms with Crippen molar-refractivity contribution in [2.24, 2.45) is 11.1 Å². The lowest BCUT2D eigenvalue weighted by Crippen LogP contribution is -2.31. The molecule has 0 aromatic carbocycles. The summed E-state index contributed by atoms with van der Waals surface area (Å²) in [5.41, 5.74) is 5.76. The first-order valence-electron chi connectivity index (χ1n) is 4.28. The van der Waals surface area contributed by atoms with E-state index in [-0.39, 0.29) is 0 Å². The first kappa shape index (κ1) is 11.8. The quantitative estimate of drug-likeness (QED) is 0.680. The Morgan fingerprint density at radius 2 is 1.92 bits per heavy atom. The molecule has 12 heavy (non-hydrogen) atoms. The molecular formula is C9H20N2S. The van der Waals surface area contributed by atoms with Crippen molar-refractivity contribution >= 4 is 17.2 Å². The second-order valence-corrected chi connectivity index (χ2v) is 5.04. The van der Waals surface area contributed by atoms with Gasteiger partial charge in [0.15, 0.2) is 0 Å². The Bertz CT molecular complexity index is 149. The summed E-state index contributed by atoms with van der Waals surface area (Å²) in [5, 5.41) is 0. The fraction of sp³-hybridized carbons (Fsp3) is 0.889.